The predicted molar refractivity (Wildman–Crippen MR) is 74.5 cm³/mol. The van der Waals surface area contributed by atoms with Crippen LogP contribution in [0, 0.1) is 0 Å². The molecule has 0 bridgehead atoms. The van der Waals surface area contributed by atoms with Crippen molar-refractivity contribution < 1.29 is 9.53 Å². The van der Waals surface area contributed by atoms with Gasteiger partial charge in [-0.05, 0) is 38.5 Å². The van der Waals surface area contributed by atoms with Crippen LogP contribution in [0.25, 0.3) is 0 Å². The Morgan fingerprint density at radius 3 is 2.50 bits per heavy atom. The van der Waals surface area contributed by atoms with E-state index in [1.165, 1.54) is 6.20 Å². The minimum atomic E-state index is -0.256. The van der Waals surface area contributed by atoms with Gasteiger partial charge in [0.15, 0.2) is 5.69 Å². The number of carbonyl (C=O) groups excluding carboxylic acids is 1. The van der Waals surface area contributed by atoms with E-state index in [-0.39, 0.29) is 23.7 Å². The molecule has 106 valence electrons. The van der Waals surface area contributed by atoms with E-state index in [0.29, 0.717) is 0 Å². The summed E-state index contributed by atoms with van der Waals surface area (Å²) in [5.41, 5.74) is 1.27. The van der Waals surface area contributed by atoms with Crippen LogP contribution < -0.4 is 10.1 Å². The van der Waals surface area contributed by atoms with E-state index in [9.17, 15) is 4.79 Å². The molecule has 0 aliphatic carbocycles. The average molecular weight is 274 g/mol. The largest absolute Gasteiger partial charge is 0.491 e. The number of hydrogen-bond donors (Lipinski definition) is 2. The lowest BCUT2D eigenvalue weighted by atomic mass is 10.1. The zero-order valence-electron chi connectivity index (χ0n) is 11.8. The molecule has 1 heterocycles. The molecule has 0 radical (unpaired) electrons. The number of carbonyl (C=O) groups is 1. The number of aromatic nitrogens is 3. The lowest BCUT2D eigenvalue weighted by molar-refractivity contribution is 0.0935. The molecule has 1 amide bonds. The maximum atomic E-state index is 11.8. The molecule has 2 rings (SSSR count). The first-order valence-electron chi connectivity index (χ1n) is 6.49. The molecule has 0 fully saturated rings. The number of nitrogens with one attached hydrogen (secondary N) is 2. The molecule has 2 N–H and O–H groups in total. The fourth-order valence-electron chi connectivity index (χ4n) is 1.77. The number of nitrogens with zero attached hydrogens (tertiary/aromatic N) is 2. The number of amides is 1. The molecule has 0 saturated carbocycles. The van der Waals surface area contributed by atoms with Gasteiger partial charge in [-0.2, -0.15) is 15.4 Å². The summed E-state index contributed by atoms with van der Waals surface area (Å²) in [4.78, 5) is 11.8. The molecular formula is C14H18N4O2. The SMILES string of the molecule is CC(C)Oc1ccc(C(C)NC(=O)c2cn[nH]n2)cc1. The lowest BCUT2D eigenvalue weighted by Crippen LogP contribution is -2.26. The first-order valence-corrected chi connectivity index (χ1v) is 6.49. The van der Waals surface area contributed by atoms with Gasteiger partial charge in [-0.1, -0.05) is 12.1 Å². The number of aromatic amines is 1. The standard InChI is InChI=1S/C14H18N4O2/c1-9(2)20-12-6-4-11(5-7-12)10(3)16-14(19)13-8-15-18-17-13/h4-10H,1-3H3,(H,16,19)(H,15,17,18). The van der Waals surface area contributed by atoms with E-state index in [0.717, 1.165) is 11.3 Å². The second-order valence-electron chi connectivity index (χ2n) is 4.79. The van der Waals surface area contributed by atoms with Crippen LogP contribution in [0.2, 0.25) is 0 Å². The summed E-state index contributed by atoms with van der Waals surface area (Å²) in [6.07, 6.45) is 1.53. The molecular weight excluding hydrogens is 256 g/mol. The minimum absolute atomic E-state index is 0.118. The van der Waals surface area contributed by atoms with Crippen molar-refractivity contribution in [3.05, 3.63) is 41.7 Å². The number of benzene rings is 1. The molecule has 1 atom stereocenters. The Bertz CT molecular complexity index is 549. The molecule has 1 unspecified atom stereocenters. The van der Waals surface area contributed by atoms with Gasteiger partial charge in [-0.15, -0.1) is 0 Å². The Morgan fingerprint density at radius 2 is 1.95 bits per heavy atom. The molecule has 0 aliphatic heterocycles. The summed E-state index contributed by atoms with van der Waals surface area (Å²) >= 11 is 0. The van der Waals surface area contributed by atoms with Gasteiger partial charge in [0, 0.05) is 0 Å². The van der Waals surface area contributed by atoms with Crippen LogP contribution in [-0.2, 0) is 0 Å². The zero-order valence-corrected chi connectivity index (χ0v) is 11.8. The van der Waals surface area contributed by atoms with Crippen LogP contribution in [0.3, 0.4) is 0 Å². The molecule has 20 heavy (non-hydrogen) atoms. The summed E-state index contributed by atoms with van der Waals surface area (Å²) in [6, 6.07) is 7.55. The molecule has 6 heteroatoms. The number of H-pyrrole nitrogens is 1. The maximum Gasteiger partial charge on any atom is 0.273 e. The third kappa shape index (κ3) is 3.57. The van der Waals surface area contributed by atoms with Crippen molar-refractivity contribution in [2.75, 3.05) is 0 Å². The van der Waals surface area contributed by atoms with Crippen molar-refractivity contribution in [2.45, 2.75) is 32.9 Å². The Kier molecular flexibility index (Phi) is 4.34. The first-order chi connectivity index (χ1) is 9.56. The van der Waals surface area contributed by atoms with Crippen molar-refractivity contribution in [3.8, 4) is 5.75 Å². The Labute approximate surface area is 117 Å². The monoisotopic (exact) mass is 274 g/mol. The zero-order chi connectivity index (χ0) is 14.5. The number of hydrogen-bond acceptors (Lipinski definition) is 4. The van der Waals surface area contributed by atoms with E-state index in [1.807, 2.05) is 45.0 Å². The third-order valence-electron chi connectivity index (χ3n) is 2.75. The van der Waals surface area contributed by atoms with Gasteiger partial charge in [0.1, 0.15) is 5.75 Å². The van der Waals surface area contributed by atoms with Crippen molar-refractivity contribution >= 4 is 5.91 Å². The van der Waals surface area contributed by atoms with Crippen LogP contribution in [0.1, 0.15) is 42.9 Å². The Hall–Kier alpha value is -2.37. The smallest absolute Gasteiger partial charge is 0.273 e. The topological polar surface area (TPSA) is 79.9 Å². The van der Waals surface area contributed by atoms with E-state index < -0.39 is 0 Å². The lowest BCUT2D eigenvalue weighted by Gasteiger charge is -2.15. The quantitative estimate of drug-likeness (QED) is 0.874. The van der Waals surface area contributed by atoms with Crippen molar-refractivity contribution in [3.63, 3.8) is 0 Å². The van der Waals surface area contributed by atoms with Crippen molar-refractivity contribution in [1.82, 2.24) is 20.7 Å². The maximum absolute atomic E-state index is 11.8. The van der Waals surface area contributed by atoms with Gasteiger partial charge in [0.2, 0.25) is 0 Å². The van der Waals surface area contributed by atoms with E-state index in [4.69, 9.17) is 4.74 Å². The third-order valence-corrected chi connectivity index (χ3v) is 2.75. The first kappa shape index (κ1) is 14.0. The summed E-state index contributed by atoms with van der Waals surface area (Å²) in [5, 5.41) is 12.6. The summed E-state index contributed by atoms with van der Waals surface area (Å²) < 4.78 is 5.58. The van der Waals surface area contributed by atoms with Gasteiger partial charge in [-0.25, -0.2) is 0 Å². The highest BCUT2D eigenvalue weighted by atomic mass is 16.5. The van der Waals surface area contributed by atoms with Crippen molar-refractivity contribution in [1.29, 1.82) is 0 Å². The van der Waals surface area contributed by atoms with E-state index in [1.54, 1.807) is 0 Å². The summed E-state index contributed by atoms with van der Waals surface area (Å²) in [5.74, 6) is 0.563. The molecule has 0 aliphatic rings. The minimum Gasteiger partial charge on any atom is -0.491 e. The summed E-state index contributed by atoms with van der Waals surface area (Å²) in [7, 11) is 0. The fraction of sp³-hybridized carbons (Fsp3) is 0.357. The normalized spacial score (nSPS) is 12.2. The Balaban J connectivity index is 1.98. The second kappa shape index (κ2) is 6.18. The fourth-order valence-corrected chi connectivity index (χ4v) is 1.77. The summed E-state index contributed by atoms with van der Waals surface area (Å²) in [6.45, 7) is 5.87. The Morgan fingerprint density at radius 1 is 1.25 bits per heavy atom. The van der Waals surface area contributed by atoms with Crippen LogP contribution in [0.5, 0.6) is 5.75 Å². The predicted octanol–water partition coefficient (Wildman–Crippen LogP) is 2.08. The van der Waals surface area contributed by atoms with Gasteiger partial charge in [-0.3, -0.25) is 4.79 Å². The average Bonchev–Trinajstić information content (AvgIpc) is 2.92. The number of ether oxygens (including phenoxy) is 1. The highest BCUT2D eigenvalue weighted by Gasteiger charge is 2.13. The molecule has 1 aromatic heterocycles. The molecule has 6 nitrogen and oxygen atoms in total. The highest BCUT2D eigenvalue weighted by molar-refractivity contribution is 5.92. The van der Waals surface area contributed by atoms with Crippen LogP contribution in [0.4, 0.5) is 0 Å². The van der Waals surface area contributed by atoms with E-state index >= 15 is 0 Å². The molecule has 0 saturated heterocycles. The molecule has 0 spiro atoms. The van der Waals surface area contributed by atoms with Crippen LogP contribution >= 0.6 is 0 Å². The van der Waals surface area contributed by atoms with Gasteiger partial charge in [0.25, 0.3) is 5.91 Å². The molecule has 2 aromatic rings. The number of rotatable bonds is 5. The van der Waals surface area contributed by atoms with Crippen molar-refractivity contribution in [2.24, 2.45) is 0 Å². The van der Waals surface area contributed by atoms with Gasteiger partial charge < -0.3 is 10.1 Å². The van der Waals surface area contributed by atoms with Gasteiger partial charge in [0.05, 0.1) is 18.3 Å². The van der Waals surface area contributed by atoms with E-state index in [2.05, 4.69) is 20.7 Å². The molecule has 1 aromatic carbocycles. The van der Waals surface area contributed by atoms with Gasteiger partial charge >= 0.3 is 0 Å². The van der Waals surface area contributed by atoms with Crippen LogP contribution in [-0.4, -0.2) is 27.4 Å². The second-order valence-corrected chi connectivity index (χ2v) is 4.79. The van der Waals surface area contributed by atoms with Crippen LogP contribution in [0.15, 0.2) is 30.5 Å². The highest BCUT2D eigenvalue weighted by Crippen LogP contribution is 2.18.